The van der Waals surface area contributed by atoms with Crippen LogP contribution in [-0.4, -0.2) is 10.5 Å². The average Bonchev–Trinajstić information content (AvgIpc) is 3.16. The number of hydrogen-bond donors (Lipinski definition) is 0. The molecule has 5 aromatic rings. The van der Waals surface area contributed by atoms with Crippen molar-refractivity contribution in [2.45, 2.75) is 13.2 Å². The number of esters is 1. The fraction of sp³-hybridized carbons (Fsp3) is 0.0741. The molecule has 146 valence electrons. The maximum absolute atomic E-state index is 12.8. The second-order valence-electron chi connectivity index (χ2n) is 7.34. The van der Waals surface area contributed by atoms with E-state index in [0.717, 1.165) is 38.5 Å². The molecule has 0 unspecified atom stereocenters. The zero-order chi connectivity index (χ0) is 20.3. The predicted molar refractivity (Wildman–Crippen MR) is 121 cm³/mol. The molecule has 0 aliphatic heterocycles. The Morgan fingerprint density at radius 2 is 1.43 bits per heavy atom. The molecule has 0 radical (unpaired) electrons. The van der Waals surface area contributed by atoms with Gasteiger partial charge in [-0.25, -0.2) is 0 Å². The standard InChI is InChI=1S/C27H21NO2/c29-27(30-19-23-14-8-13-20-9-4-6-15-24(20)23)18-28-25-16-7-5-12-22(25)17-26(28)21-10-2-1-3-11-21/h1-17H,18-19H2. The largest absolute Gasteiger partial charge is 0.459 e. The third-order valence-electron chi connectivity index (χ3n) is 5.44. The van der Waals surface area contributed by atoms with E-state index in [4.69, 9.17) is 4.74 Å². The van der Waals surface area contributed by atoms with Crippen LogP contribution in [0.2, 0.25) is 0 Å². The maximum atomic E-state index is 12.8. The van der Waals surface area contributed by atoms with Crippen molar-refractivity contribution in [3.05, 3.63) is 109 Å². The number of ether oxygens (including phenoxy) is 1. The summed E-state index contributed by atoms with van der Waals surface area (Å²) in [4.78, 5) is 12.8. The highest BCUT2D eigenvalue weighted by Crippen LogP contribution is 2.28. The lowest BCUT2D eigenvalue weighted by molar-refractivity contribution is -0.145. The molecule has 0 fully saturated rings. The van der Waals surface area contributed by atoms with Crippen LogP contribution < -0.4 is 0 Å². The molecule has 1 aromatic heterocycles. The van der Waals surface area contributed by atoms with Gasteiger partial charge in [0, 0.05) is 16.6 Å². The van der Waals surface area contributed by atoms with Crippen molar-refractivity contribution < 1.29 is 9.53 Å². The van der Waals surface area contributed by atoms with Gasteiger partial charge in [0.1, 0.15) is 13.2 Å². The lowest BCUT2D eigenvalue weighted by Gasteiger charge is -2.12. The Bertz CT molecular complexity index is 1330. The van der Waals surface area contributed by atoms with E-state index >= 15 is 0 Å². The molecule has 30 heavy (non-hydrogen) atoms. The number of carbonyl (C=O) groups excluding carboxylic acids is 1. The van der Waals surface area contributed by atoms with Crippen molar-refractivity contribution >= 4 is 27.6 Å². The van der Waals surface area contributed by atoms with Gasteiger partial charge >= 0.3 is 5.97 Å². The van der Waals surface area contributed by atoms with E-state index in [0.29, 0.717) is 0 Å². The second-order valence-corrected chi connectivity index (χ2v) is 7.34. The van der Waals surface area contributed by atoms with Crippen molar-refractivity contribution in [1.29, 1.82) is 0 Å². The van der Waals surface area contributed by atoms with E-state index < -0.39 is 0 Å². The Balaban J connectivity index is 1.42. The van der Waals surface area contributed by atoms with E-state index in [1.165, 1.54) is 0 Å². The monoisotopic (exact) mass is 391 g/mol. The van der Waals surface area contributed by atoms with Crippen molar-refractivity contribution in [2.24, 2.45) is 0 Å². The average molecular weight is 391 g/mol. The van der Waals surface area contributed by atoms with Gasteiger partial charge in [0.15, 0.2) is 0 Å². The Hall–Kier alpha value is -3.85. The second kappa shape index (κ2) is 7.88. The molecule has 0 saturated heterocycles. The fourth-order valence-electron chi connectivity index (χ4n) is 3.98. The summed E-state index contributed by atoms with van der Waals surface area (Å²) in [7, 11) is 0. The molecule has 0 aliphatic carbocycles. The van der Waals surface area contributed by atoms with Gasteiger partial charge < -0.3 is 9.30 Å². The van der Waals surface area contributed by atoms with E-state index in [1.807, 2.05) is 65.2 Å². The molecule has 0 amide bonds. The minimum Gasteiger partial charge on any atom is -0.459 e. The van der Waals surface area contributed by atoms with Gasteiger partial charge in [-0.05, 0) is 34.0 Å². The number of nitrogens with zero attached hydrogens (tertiary/aromatic N) is 1. The summed E-state index contributed by atoms with van der Waals surface area (Å²) < 4.78 is 7.73. The normalized spacial score (nSPS) is 11.1. The number of benzene rings is 4. The van der Waals surface area contributed by atoms with Crippen molar-refractivity contribution in [3.63, 3.8) is 0 Å². The topological polar surface area (TPSA) is 31.2 Å². The van der Waals surface area contributed by atoms with Gasteiger partial charge in [0.05, 0.1) is 0 Å². The smallest absolute Gasteiger partial charge is 0.326 e. The van der Waals surface area contributed by atoms with Crippen molar-refractivity contribution in [1.82, 2.24) is 4.57 Å². The first-order valence-electron chi connectivity index (χ1n) is 10.1. The molecule has 0 saturated carbocycles. The Morgan fingerprint density at radius 1 is 0.733 bits per heavy atom. The third kappa shape index (κ3) is 3.46. The molecule has 0 bridgehead atoms. The molecule has 0 spiro atoms. The van der Waals surface area contributed by atoms with Gasteiger partial charge in [-0.2, -0.15) is 0 Å². The van der Waals surface area contributed by atoms with Crippen LogP contribution in [0.15, 0.2) is 103 Å². The summed E-state index contributed by atoms with van der Waals surface area (Å²) in [5, 5.41) is 3.37. The molecule has 0 aliphatic rings. The van der Waals surface area contributed by atoms with Crippen LogP contribution in [0.4, 0.5) is 0 Å². The number of rotatable bonds is 5. The predicted octanol–water partition coefficient (Wildman–Crippen LogP) is 6.20. The number of fused-ring (bicyclic) bond motifs is 2. The number of hydrogen-bond acceptors (Lipinski definition) is 2. The molecule has 3 heteroatoms. The fourth-order valence-corrected chi connectivity index (χ4v) is 3.98. The summed E-state index contributed by atoms with van der Waals surface area (Å²) in [6, 6.07) is 34.6. The number of para-hydroxylation sites is 1. The molecular weight excluding hydrogens is 370 g/mol. The summed E-state index contributed by atoms with van der Waals surface area (Å²) in [6.45, 7) is 0.433. The number of aromatic nitrogens is 1. The molecular formula is C27H21NO2. The summed E-state index contributed by atoms with van der Waals surface area (Å²) in [5.41, 5.74) is 4.13. The molecule has 4 aromatic carbocycles. The molecule has 3 nitrogen and oxygen atoms in total. The van der Waals surface area contributed by atoms with Gasteiger partial charge in [-0.3, -0.25) is 4.79 Å². The molecule has 0 N–H and O–H groups in total. The van der Waals surface area contributed by atoms with Crippen LogP contribution in [0.3, 0.4) is 0 Å². The van der Waals surface area contributed by atoms with Crippen LogP contribution in [0.5, 0.6) is 0 Å². The van der Waals surface area contributed by atoms with E-state index in [-0.39, 0.29) is 19.1 Å². The first-order valence-corrected chi connectivity index (χ1v) is 10.1. The molecule has 0 atom stereocenters. The minimum absolute atomic E-state index is 0.169. The minimum atomic E-state index is -0.249. The Labute approximate surface area is 175 Å². The van der Waals surface area contributed by atoms with E-state index in [2.05, 4.69) is 42.5 Å². The van der Waals surface area contributed by atoms with Crippen LogP contribution >= 0.6 is 0 Å². The Morgan fingerprint density at radius 3 is 2.30 bits per heavy atom. The van der Waals surface area contributed by atoms with E-state index in [9.17, 15) is 4.79 Å². The third-order valence-corrected chi connectivity index (χ3v) is 5.44. The first-order chi connectivity index (χ1) is 14.8. The van der Waals surface area contributed by atoms with Gasteiger partial charge in [-0.15, -0.1) is 0 Å². The summed E-state index contributed by atoms with van der Waals surface area (Å²) in [5.74, 6) is -0.249. The lowest BCUT2D eigenvalue weighted by Crippen LogP contribution is -2.14. The van der Waals surface area contributed by atoms with Crippen LogP contribution in [-0.2, 0) is 22.7 Å². The maximum Gasteiger partial charge on any atom is 0.326 e. The van der Waals surface area contributed by atoms with Gasteiger partial charge in [-0.1, -0.05) is 91.0 Å². The van der Waals surface area contributed by atoms with Crippen molar-refractivity contribution in [3.8, 4) is 11.3 Å². The van der Waals surface area contributed by atoms with Crippen LogP contribution in [0.1, 0.15) is 5.56 Å². The quantitative estimate of drug-likeness (QED) is 0.334. The molecule has 1 heterocycles. The lowest BCUT2D eigenvalue weighted by atomic mass is 10.1. The molecule has 5 rings (SSSR count). The zero-order valence-corrected chi connectivity index (χ0v) is 16.5. The summed E-state index contributed by atoms with van der Waals surface area (Å²) >= 11 is 0. The SMILES string of the molecule is O=C(Cn1c(-c2ccccc2)cc2ccccc21)OCc1cccc2ccccc12. The van der Waals surface area contributed by atoms with E-state index in [1.54, 1.807) is 0 Å². The Kier molecular flexibility index (Phi) is 4.78. The highest BCUT2D eigenvalue weighted by atomic mass is 16.5. The number of carbonyl (C=O) groups is 1. The van der Waals surface area contributed by atoms with Crippen LogP contribution in [0, 0.1) is 0 Å². The zero-order valence-electron chi connectivity index (χ0n) is 16.5. The first kappa shape index (κ1) is 18.2. The van der Waals surface area contributed by atoms with Gasteiger partial charge in [0.2, 0.25) is 0 Å². The van der Waals surface area contributed by atoms with Crippen molar-refractivity contribution in [2.75, 3.05) is 0 Å². The summed E-state index contributed by atoms with van der Waals surface area (Å²) in [6.07, 6.45) is 0. The van der Waals surface area contributed by atoms with Crippen LogP contribution in [0.25, 0.3) is 32.9 Å². The highest BCUT2D eigenvalue weighted by Gasteiger charge is 2.14. The van der Waals surface area contributed by atoms with Gasteiger partial charge in [0.25, 0.3) is 0 Å². The highest BCUT2D eigenvalue weighted by molar-refractivity contribution is 5.89.